The number of aliphatic carboxylic acids is 1. The number of hydrogen-bond acceptors (Lipinski definition) is 1. The molecule has 1 unspecified atom stereocenters. The Morgan fingerprint density at radius 1 is 1.46 bits per heavy atom. The van der Waals surface area contributed by atoms with Crippen LogP contribution >= 0.6 is 0 Å². The number of carboxylic acids is 1. The van der Waals surface area contributed by atoms with Crippen molar-refractivity contribution in [2.75, 3.05) is 0 Å². The summed E-state index contributed by atoms with van der Waals surface area (Å²) in [6.45, 7) is 2.97. The number of carboxylic acid groups (broad SMARTS) is 1. The summed E-state index contributed by atoms with van der Waals surface area (Å²) >= 11 is 0. The van der Waals surface area contributed by atoms with Gasteiger partial charge in [-0.3, -0.25) is 0 Å². The maximum atomic E-state index is 12.2. The molecule has 0 amide bonds. The van der Waals surface area contributed by atoms with E-state index in [9.17, 15) is 22.4 Å². The van der Waals surface area contributed by atoms with E-state index >= 15 is 0 Å². The Hall–Kier alpha value is -1.07. The van der Waals surface area contributed by atoms with Crippen LogP contribution in [0.5, 0.6) is 0 Å². The van der Waals surface area contributed by atoms with E-state index in [2.05, 4.69) is 6.58 Å². The second kappa shape index (κ2) is 4.25. The lowest BCUT2D eigenvalue weighted by molar-refractivity contribution is -0.181. The zero-order chi connectivity index (χ0) is 10.6. The lowest BCUT2D eigenvalue weighted by Gasteiger charge is -2.11. The van der Waals surface area contributed by atoms with Gasteiger partial charge in [0.05, 0.1) is 0 Å². The molecule has 0 aromatic rings. The molecule has 6 heteroatoms. The Balaban J connectivity index is 3.91. The zero-order valence-corrected chi connectivity index (χ0v) is 6.57. The highest BCUT2D eigenvalue weighted by atomic mass is 19.4. The minimum atomic E-state index is -4.92. The molecule has 0 fully saturated rings. The first-order chi connectivity index (χ1) is 5.75. The molecule has 0 bridgehead atoms. The van der Waals surface area contributed by atoms with E-state index in [0.717, 1.165) is 0 Å². The van der Waals surface area contributed by atoms with Gasteiger partial charge >= 0.3 is 12.1 Å². The van der Waals surface area contributed by atoms with Crippen LogP contribution in [-0.4, -0.2) is 23.4 Å². The Morgan fingerprint density at radius 2 is 1.92 bits per heavy atom. The van der Waals surface area contributed by atoms with Gasteiger partial charge in [0.25, 0.3) is 0 Å². The first-order valence-corrected chi connectivity index (χ1v) is 3.37. The molecular formula is C7H8F4O2. The van der Waals surface area contributed by atoms with Gasteiger partial charge in [0.1, 0.15) is 0 Å². The van der Waals surface area contributed by atoms with E-state index in [4.69, 9.17) is 5.11 Å². The third kappa shape index (κ3) is 4.49. The second-order valence-electron chi connectivity index (χ2n) is 2.46. The van der Waals surface area contributed by atoms with Crippen LogP contribution in [0.25, 0.3) is 0 Å². The third-order valence-corrected chi connectivity index (χ3v) is 1.36. The minimum Gasteiger partial charge on any atom is -0.478 e. The normalized spacial score (nSPS) is 13.8. The number of carbonyl (C=O) groups is 1. The Bertz CT molecular complexity index is 209. The number of rotatable bonds is 4. The second-order valence-corrected chi connectivity index (χ2v) is 2.46. The summed E-state index contributed by atoms with van der Waals surface area (Å²) in [5.74, 6) is -1.41. The van der Waals surface area contributed by atoms with Gasteiger partial charge in [0.15, 0.2) is 6.17 Å². The van der Waals surface area contributed by atoms with E-state index < -0.39 is 36.7 Å². The Morgan fingerprint density at radius 3 is 2.23 bits per heavy atom. The molecule has 0 rings (SSSR count). The van der Waals surface area contributed by atoms with E-state index in [1.54, 1.807) is 0 Å². The molecule has 76 valence electrons. The first kappa shape index (κ1) is 11.9. The average Bonchev–Trinajstić information content (AvgIpc) is 1.97. The molecule has 0 saturated heterocycles. The van der Waals surface area contributed by atoms with Crippen molar-refractivity contribution < 1.29 is 27.5 Å². The molecular weight excluding hydrogens is 192 g/mol. The Kier molecular flexibility index (Phi) is 3.90. The molecule has 0 saturated carbocycles. The van der Waals surface area contributed by atoms with Gasteiger partial charge in [0, 0.05) is 5.57 Å². The van der Waals surface area contributed by atoms with Gasteiger partial charge in [-0.1, -0.05) is 6.58 Å². The van der Waals surface area contributed by atoms with Crippen molar-refractivity contribution >= 4 is 5.97 Å². The van der Waals surface area contributed by atoms with Crippen molar-refractivity contribution in [3.05, 3.63) is 12.2 Å². The maximum absolute atomic E-state index is 12.2. The highest BCUT2D eigenvalue weighted by molar-refractivity contribution is 5.85. The van der Waals surface area contributed by atoms with Crippen LogP contribution in [-0.2, 0) is 4.79 Å². The van der Waals surface area contributed by atoms with Gasteiger partial charge in [-0.2, -0.15) is 13.2 Å². The Labute approximate surface area is 71.9 Å². The molecule has 0 spiro atoms. The molecule has 0 aliphatic carbocycles. The van der Waals surface area contributed by atoms with E-state index in [1.807, 2.05) is 0 Å². The van der Waals surface area contributed by atoms with Crippen LogP contribution in [0, 0.1) is 0 Å². The van der Waals surface area contributed by atoms with E-state index in [1.165, 1.54) is 0 Å². The van der Waals surface area contributed by atoms with Gasteiger partial charge < -0.3 is 5.11 Å². The quantitative estimate of drug-likeness (QED) is 0.558. The monoisotopic (exact) mass is 200 g/mol. The SMILES string of the molecule is C=C(CCC(F)C(F)(F)F)C(=O)O. The average molecular weight is 200 g/mol. The first-order valence-electron chi connectivity index (χ1n) is 3.37. The summed E-state index contributed by atoms with van der Waals surface area (Å²) in [7, 11) is 0. The van der Waals surface area contributed by atoms with Crippen molar-refractivity contribution in [1.82, 2.24) is 0 Å². The summed E-state index contributed by atoms with van der Waals surface area (Å²) in [5.41, 5.74) is -0.424. The van der Waals surface area contributed by atoms with Gasteiger partial charge in [-0.05, 0) is 12.8 Å². The number of alkyl halides is 4. The summed E-state index contributed by atoms with van der Waals surface area (Å²) in [5, 5.41) is 8.19. The van der Waals surface area contributed by atoms with Crippen LogP contribution in [0.15, 0.2) is 12.2 Å². The smallest absolute Gasteiger partial charge is 0.419 e. The van der Waals surface area contributed by atoms with Crippen molar-refractivity contribution in [2.45, 2.75) is 25.2 Å². The fourth-order valence-electron chi connectivity index (χ4n) is 0.572. The van der Waals surface area contributed by atoms with Gasteiger partial charge in [-0.15, -0.1) is 0 Å². The molecule has 1 N–H and O–H groups in total. The zero-order valence-electron chi connectivity index (χ0n) is 6.57. The molecule has 13 heavy (non-hydrogen) atoms. The van der Waals surface area contributed by atoms with Crippen LogP contribution < -0.4 is 0 Å². The highest BCUT2D eigenvalue weighted by Gasteiger charge is 2.39. The van der Waals surface area contributed by atoms with Crippen LogP contribution in [0.3, 0.4) is 0 Å². The molecule has 0 aliphatic rings. The highest BCUT2D eigenvalue weighted by Crippen LogP contribution is 2.27. The van der Waals surface area contributed by atoms with Gasteiger partial charge in [-0.25, -0.2) is 9.18 Å². The summed E-state index contributed by atoms with van der Waals surface area (Å²) in [4.78, 5) is 10.1. The van der Waals surface area contributed by atoms with Gasteiger partial charge in [0.2, 0.25) is 0 Å². The van der Waals surface area contributed by atoms with Crippen LogP contribution in [0.4, 0.5) is 17.6 Å². The lowest BCUT2D eigenvalue weighted by Crippen LogP contribution is -2.24. The maximum Gasteiger partial charge on any atom is 0.419 e. The van der Waals surface area contributed by atoms with Crippen molar-refractivity contribution in [3.63, 3.8) is 0 Å². The molecule has 0 aliphatic heterocycles. The number of hydrogen-bond donors (Lipinski definition) is 1. The predicted octanol–water partition coefficient (Wildman–Crippen LogP) is 2.31. The van der Waals surface area contributed by atoms with Crippen molar-refractivity contribution in [3.8, 4) is 0 Å². The fourth-order valence-corrected chi connectivity index (χ4v) is 0.572. The van der Waals surface area contributed by atoms with E-state index in [-0.39, 0.29) is 0 Å². The van der Waals surface area contributed by atoms with Crippen LogP contribution in [0.1, 0.15) is 12.8 Å². The molecule has 0 heterocycles. The third-order valence-electron chi connectivity index (χ3n) is 1.36. The summed E-state index contributed by atoms with van der Waals surface area (Å²) in [6.07, 6.45) is -9.30. The largest absolute Gasteiger partial charge is 0.478 e. The lowest BCUT2D eigenvalue weighted by atomic mass is 10.1. The molecule has 0 radical (unpaired) electrons. The van der Waals surface area contributed by atoms with E-state index in [0.29, 0.717) is 0 Å². The van der Waals surface area contributed by atoms with Crippen LogP contribution in [0.2, 0.25) is 0 Å². The molecule has 0 aromatic carbocycles. The summed E-state index contributed by atoms with van der Waals surface area (Å²) in [6, 6.07) is 0. The predicted molar refractivity (Wildman–Crippen MR) is 37.0 cm³/mol. The fraction of sp³-hybridized carbons (Fsp3) is 0.571. The van der Waals surface area contributed by atoms with Crippen molar-refractivity contribution in [1.29, 1.82) is 0 Å². The summed E-state index contributed by atoms with van der Waals surface area (Å²) < 4.78 is 46.8. The molecule has 2 nitrogen and oxygen atoms in total. The topological polar surface area (TPSA) is 37.3 Å². The van der Waals surface area contributed by atoms with Crippen molar-refractivity contribution in [2.24, 2.45) is 0 Å². The minimum absolute atomic E-state index is 0.424. The standard InChI is InChI=1S/C7H8F4O2/c1-4(6(12)13)2-3-5(8)7(9,10)11/h5H,1-3H2,(H,12,13). The molecule has 0 aromatic heterocycles. The number of halogens is 4. The molecule has 1 atom stereocenters.